The van der Waals surface area contributed by atoms with Gasteiger partial charge in [-0.1, -0.05) is 41.9 Å². The Labute approximate surface area is 155 Å². The van der Waals surface area contributed by atoms with Gasteiger partial charge in [0.15, 0.2) is 0 Å². The summed E-state index contributed by atoms with van der Waals surface area (Å²) >= 11 is 5.89. The first-order valence-electron chi connectivity index (χ1n) is 7.87. The van der Waals surface area contributed by atoms with E-state index in [-0.39, 0.29) is 35.9 Å². The lowest BCUT2D eigenvalue weighted by Crippen LogP contribution is -2.30. The number of amides is 1. The quantitative estimate of drug-likeness (QED) is 0.639. The molecule has 0 radical (unpaired) electrons. The van der Waals surface area contributed by atoms with E-state index in [4.69, 9.17) is 21.6 Å². The molecule has 1 aromatic carbocycles. The molecule has 8 heteroatoms. The van der Waals surface area contributed by atoms with Crippen LogP contribution < -0.4 is 5.32 Å². The minimum absolute atomic E-state index is 0.00535. The summed E-state index contributed by atoms with van der Waals surface area (Å²) in [6, 6.07) is 12.5. The second-order valence-electron chi connectivity index (χ2n) is 5.51. The number of ether oxygens (including phenoxy) is 1. The number of carbonyl (C=O) groups is 1. The van der Waals surface area contributed by atoms with Gasteiger partial charge in [0.2, 0.25) is 0 Å². The average Bonchev–Trinajstić information content (AvgIpc) is 2.67. The smallest absolute Gasteiger partial charge is 0.407 e. The van der Waals surface area contributed by atoms with Crippen LogP contribution in [-0.4, -0.2) is 33.9 Å². The summed E-state index contributed by atoms with van der Waals surface area (Å²) in [7, 11) is 0. The molecule has 0 bridgehead atoms. The Morgan fingerprint density at radius 3 is 2.77 bits per heavy atom. The van der Waals surface area contributed by atoms with E-state index in [9.17, 15) is 15.0 Å². The molecular formula is C18H18ClN3O4. The van der Waals surface area contributed by atoms with Crippen LogP contribution in [0.2, 0.25) is 5.15 Å². The molecule has 2 aromatic rings. The van der Waals surface area contributed by atoms with Crippen molar-refractivity contribution in [2.45, 2.75) is 25.2 Å². The highest BCUT2D eigenvalue weighted by molar-refractivity contribution is 6.30. The molecule has 7 nitrogen and oxygen atoms in total. The van der Waals surface area contributed by atoms with Crippen molar-refractivity contribution in [1.29, 1.82) is 5.26 Å². The number of aliphatic hydroxyl groups is 2. The molecule has 1 aromatic heterocycles. The highest BCUT2D eigenvalue weighted by Gasteiger charge is 2.22. The van der Waals surface area contributed by atoms with Gasteiger partial charge in [0.05, 0.1) is 11.7 Å². The van der Waals surface area contributed by atoms with E-state index in [1.54, 1.807) is 0 Å². The van der Waals surface area contributed by atoms with Crippen molar-refractivity contribution in [3.63, 3.8) is 0 Å². The molecule has 0 aliphatic rings. The molecule has 0 aliphatic carbocycles. The first-order valence-corrected chi connectivity index (χ1v) is 8.25. The average molecular weight is 376 g/mol. The molecule has 0 saturated heterocycles. The summed E-state index contributed by atoms with van der Waals surface area (Å²) < 4.78 is 5.04. The van der Waals surface area contributed by atoms with Gasteiger partial charge in [0.25, 0.3) is 0 Å². The van der Waals surface area contributed by atoms with E-state index >= 15 is 0 Å². The second-order valence-corrected chi connectivity index (χ2v) is 5.86. The number of halogens is 1. The molecule has 0 fully saturated rings. The normalized spacial score (nSPS) is 12.7. The maximum atomic E-state index is 11.6. The first-order chi connectivity index (χ1) is 12.5. The fourth-order valence-electron chi connectivity index (χ4n) is 2.20. The van der Waals surface area contributed by atoms with Crippen molar-refractivity contribution in [1.82, 2.24) is 10.3 Å². The molecule has 0 aliphatic heterocycles. The highest BCUT2D eigenvalue weighted by atomic mass is 35.5. The van der Waals surface area contributed by atoms with Crippen LogP contribution in [0.25, 0.3) is 0 Å². The minimum Gasteiger partial charge on any atom is -0.445 e. The van der Waals surface area contributed by atoms with Gasteiger partial charge in [-0.25, -0.2) is 9.78 Å². The van der Waals surface area contributed by atoms with Crippen LogP contribution in [0, 0.1) is 11.3 Å². The van der Waals surface area contributed by atoms with Gasteiger partial charge >= 0.3 is 6.09 Å². The SMILES string of the molecule is N#Cc1cnc(Cl)c(C(O)C(O)CCNC(=O)OCc2ccccc2)c1. The number of nitriles is 1. The van der Waals surface area contributed by atoms with Crippen LogP contribution in [0.4, 0.5) is 4.79 Å². The number of aliphatic hydroxyl groups excluding tert-OH is 2. The largest absolute Gasteiger partial charge is 0.445 e. The van der Waals surface area contributed by atoms with E-state index in [1.165, 1.54) is 12.3 Å². The lowest BCUT2D eigenvalue weighted by Gasteiger charge is -2.19. The third kappa shape index (κ3) is 5.70. The van der Waals surface area contributed by atoms with E-state index in [1.807, 2.05) is 36.4 Å². The Bertz CT molecular complexity index is 780. The van der Waals surface area contributed by atoms with Gasteiger partial charge in [-0.05, 0) is 18.1 Å². The summed E-state index contributed by atoms with van der Waals surface area (Å²) in [4.78, 5) is 15.4. The number of aromatic nitrogens is 1. The summed E-state index contributed by atoms with van der Waals surface area (Å²) in [5.41, 5.74) is 1.24. The Kier molecular flexibility index (Phi) is 7.36. The zero-order valence-corrected chi connectivity index (χ0v) is 14.6. The molecule has 1 amide bonds. The third-order valence-electron chi connectivity index (χ3n) is 3.60. The lowest BCUT2D eigenvalue weighted by molar-refractivity contribution is 0.0135. The van der Waals surface area contributed by atoms with E-state index < -0.39 is 18.3 Å². The topological polar surface area (TPSA) is 115 Å². The van der Waals surface area contributed by atoms with Crippen molar-refractivity contribution < 1.29 is 19.7 Å². The molecule has 0 spiro atoms. The van der Waals surface area contributed by atoms with Crippen LogP contribution in [0.15, 0.2) is 42.6 Å². The molecule has 1 heterocycles. The minimum atomic E-state index is -1.33. The number of rotatable bonds is 7. The monoisotopic (exact) mass is 375 g/mol. The fourth-order valence-corrected chi connectivity index (χ4v) is 2.41. The number of nitrogens with one attached hydrogen (secondary N) is 1. The maximum Gasteiger partial charge on any atom is 0.407 e. The van der Waals surface area contributed by atoms with E-state index in [0.29, 0.717) is 0 Å². The van der Waals surface area contributed by atoms with Crippen molar-refractivity contribution in [2.24, 2.45) is 0 Å². The highest BCUT2D eigenvalue weighted by Crippen LogP contribution is 2.25. The molecule has 2 atom stereocenters. The summed E-state index contributed by atoms with van der Waals surface area (Å²) in [5, 5.41) is 31.6. The number of benzene rings is 1. The van der Waals surface area contributed by atoms with Gasteiger partial charge in [-0.15, -0.1) is 0 Å². The van der Waals surface area contributed by atoms with Gasteiger partial charge in [0.1, 0.15) is 23.9 Å². The molecule has 136 valence electrons. The zero-order chi connectivity index (χ0) is 18.9. The van der Waals surface area contributed by atoms with Crippen LogP contribution in [-0.2, 0) is 11.3 Å². The van der Waals surface area contributed by atoms with Gasteiger partial charge in [-0.2, -0.15) is 5.26 Å². The fraction of sp³-hybridized carbons (Fsp3) is 0.278. The van der Waals surface area contributed by atoms with Gasteiger partial charge < -0.3 is 20.3 Å². The van der Waals surface area contributed by atoms with E-state index in [2.05, 4.69) is 10.3 Å². The Balaban J connectivity index is 1.78. The maximum absolute atomic E-state index is 11.6. The third-order valence-corrected chi connectivity index (χ3v) is 3.92. The van der Waals surface area contributed by atoms with E-state index in [0.717, 1.165) is 5.56 Å². The predicted molar refractivity (Wildman–Crippen MR) is 94.2 cm³/mol. The van der Waals surface area contributed by atoms with Gasteiger partial charge in [0, 0.05) is 18.3 Å². The molecule has 2 unspecified atom stereocenters. The van der Waals surface area contributed by atoms with Crippen molar-refractivity contribution in [2.75, 3.05) is 6.54 Å². The Hall–Kier alpha value is -2.66. The Morgan fingerprint density at radius 1 is 1.35 bits per heavy atom. The number of carbonyl (C=O) groups excluding carboxylic acids is 1. The zero-order valence-electron chi connectivity index (χ0n) is 13.8. The number of alkyl carbamates (subject to hydrolysis) is 1. The Morgan fingerprint density at radius 2 is 2.08 bits per heavy atom. The van der Waals surface area contributed by atoms with Crippen molar-refractivity contribution in [3.05, 3.63) is 64.4 Å². The summed E-state index contributed by atoms with van der Waals surface area (Å²) in [6.07, 6.45) is -1.81. The van der Waals surface area contributed by atoms with Crippen LogP contribution in [0.5, 0.6) is 0 Å². The number of nitrogens with zero attached hydrogens (tertiary/aromatic N) is 2. The lowest BCUT2D eigenvalue weighted by atomic mass is 10.0. The summed E-state index contributed by atoms with van der Waals surface area (Å²) in [5.74, 6) is 0. The van der Waals surface area contributed by atoms with Crippen LogP contribution >= 0.6 is 11.6 Å². The molecule has 3 N–H and O–H groups in total. The van der Waals surface area contributed by atoms with Crippen LogP contribution in [0.3, 0.4) is 0 Å². The molecular weight excluding hydrogens is 358 g/mol. The summed E-state index contributed by atoms with van der Waals surface area (Å²) in [6.45, 7) is 0.231. The van der Waals surface area contributed by atoms with Crippen molar-refractivity contribution >= 4 is 17.7 Å². The van der Waals surface area contributed by atoms with Crippen molar-refractivity contribution in [3.8, 4) is 6.07 Å². The van der Waals surface area contributed by atoms with Crippen LogP contribution in [0.1, 0.15) is 29.2 Å². The number of hydrogen-bond donors (Lipinski definition) is 3. The molecule has 26 heavy (non-hydrogen) atoms. The second kappa shape index (κ2) is 9.73. The predicted octanol–water partition coefficient (Wildman–Crippen LogP) is 2.32. The molecule has 2 rings (SSSR count). The molecule has 0 saturated carbocycles. The number of pyridine rings is 1. The first kappa shape index (κ1) is 19.7. The standard InChI is InChI=1S/C18H18ClN3O4/c19-17-14(8-13(9-20)10-22-17)16(24)15(23)6-7-21-18(25)26-11-12-4-2-1-3-5-12/h1-5,8,10,15-16,23-24H,6-7,11H2,(H,21,25). The van der Waals surface area contributed by atoms with Gasteiger partial charge in [-0.3, -0.25) is 0 Å². The number of hydrogen-bond acceptors (Lipinski definition) is 6.